The lowest BCUT2D eigenvalue weighted by Crippen LogP contribution is -2.30. The van der Waals surface area contributed by atoms with Crippen LogP contribution in [-0.4, -0.2) is 37.2 Å². The van der Waals surface area contributed by atoms with Gasteiger partial charge in [-0.1, -0.05) is 290 Å². The van der Waals surface area contributed by atoms with E-state index in [1.165, 1.54) is 141 Å². The summed E-state index contributed by atoms with van der Waals surface area (Å²) < 4.78 is 16.8. The van der Waals surface area contributed by atoms with Crippen LogP contribution in [0.5, 0.6) is 0 Å². The summed E-state index contributed by atoms with van der Waals surface area (Å²) in [4.78, 5) is 38.3. The molecule has 6 nitrogen and oxygen atoms in total. The van der Waals surface area contributed by atoms with Crippen molar-refractivity contribution in [3.05, 3.63) is 122 Å². The second-order valence-electron chi connectivity index (χ2n) is 21.6. The lowest BCUT2D eigenvalue weighted by molar-refractivity contribution is -0.166. The van der Waals surface area contributed by atoms with Gasteiger partial charge in [-0.25, -0.2) is 0 Å². The third-order valence-corrected chi connectivity index (χ3v) is 13.9. The van der Waals surface area contributed by atoms with Crippen molar-refractivity contribution in [2.45, 2.75) is 309 Å². The standard InChI is InChI=1S/C73H122O6/c1-4-7-10-13-16-19-22-25-28-30-32-33-34-35-36-37-38-39-41-42-45-48-51-54-57-60-63-66-72(75)78-69-70(68-77-71(74)65-62-59-56-53-50-47-44-27-24-21-18-15-12-9-6-3)79-73(76)67-64-61-58-55-52-49-46-43-40-31-29-26-23-20-17-14-11-8-5-2/h8-9,11-12,17-18,20-21,26-27,29-30,32,40,43-44,49,52,58,61,70H,4-7,10,13-16,19,22-25,28,31,33-39,41-42,45-48,50-51,53-57,59-60,62-69H2,1-3H3/b11-8-,12-9-,20-17-,21-18-,29-26-,32-30-,43-40-,44-27-,52-49-,61-58-. The van der Waals surface area contributed by atoms with Crippen molar-refractivity contribution in [1.82, 2.24) is 0 Å². The Balaban J connectivity index is 4.39. The molecule has 0 N–H and O–H groups in total. The highest BCUT2D eigenvalue weighted by molar-refractivity contribution is 5.71. The molecule has 0 fully saturated rings. The summed E-state index contributed by atoms with van der Waals surface area (Å²) in [5.41, 5.74) is 0. The zero-order valence-corrected chi connectivity index (χ0v) is 51.6. The molecule has 0 saturated heterocycles. The molecule has 0 rings (SSSR count). The van der Waals surface area contributed by atoms with Gasteiger partial charge in [0.05, 0.1) is 0 Å². The van der Waals surface area contributed by atoms with Crippen molar-refractivity contribution < 1.29 is 28.6 Å². The molecule has 1 atom stereocenters. The predicted molar refractivity (Wildman–Crippen MR) is 343 cm³/mol. The van der Waals surface area contributed by atoms with Gasteiger partial charge in [0, 0.05) is 19.3 Å². The average molecular weight is 1100 g/mol. The number of hydrogen-bond donors (Lipinski definition) is 0. The van der Waals surface area contributed by atoms with E-state index in [-0.39, 0.29) is 31.6 Å². The maximum absolute atomic E-state index is 12.9. The van der Waals surface area contributed by atoms with E-state index < -0.39 is 12.1 Å². The molecule has 0 saturated carbocycles. The minimum atomic E-state index is -0.830. The number of hydrogen-bond acceptors (Lipinski definition) is 6. The first-order valence-corrected chi connectivity index (χ1v) is 33.0. The van der Waals surface area contributed by atoms with E-state index in [2.05, 4.69) is 136 Å². The van der Waals surface area contributed by atoms with E-state index >= 15 is 0 Å². The van der Waals surface area contributed by atoms with E-state index in [4.69, 9.17) is 14.2 Å². The molecule has 0 heterocycles. The molecule has 0 bridgehead atoms. The molecular weight excluding hydrogens is 973 g/mol. The van der Waals surface area contributed by atoms with Crippen molar-refractivity contribution in [2.24, 2.45) is 0 Å². The predicted octanol–water partition coefficient (Wildman–Crippen LogP) is 22.8. The van der Waals surface area contributed by atoms with E-state index in [0.717, 1.165) is 116 Å². The summed E-state index contributed by atoms with van der Waals surface area (Å²) in [6.45, 7) is 6.36. The van der Waals surface area contributed by atoms with Crippen LogP contribution in [-0.2, 0) is 28.6 Å². The molecule has 0 aliphatic heterocycles. The number of carbonyl (C=O) groups excluding carboxylic acids is 3. The van der Waals surface area contributed by atoms with Gasteiger partial charge in [-0.2, -0.15) is 0 Å². The van der Waals surface area contributed by atoms with Crippen LogP contribution in [0.3, 0.4) is 0 Å². The molecular formula is C73H122O6. The van der Waals surface area contributed by atoms with Gasteiger partial charge in [-0.05, 0) is 116 Å². The van der Waals surface area contributed by atoms with E-state index in [1.54, 1.807) is 0 Å². The first-order chi connectivity index (χ1) is 39.0. The summed E-state index contributed by atoms with van der Waals surface area (Å²) in [6.07, 6.45) is 92.3. The van der Waals surface area contributed by atoms with Gasteiger partial charge in [-0.3, -0.25) is 14.4 Å². The molecule has 0 amide bonds. The molecule has 450 valence electrons. The second kappa shape index (κ2) is 66.3. The molecule has 0 spiro atoms. The topological polar surface area (TPSA) is 78.9 Å². The van der Waals surface area contributed by atoms with Crippen molar-refractivity contribution in [3.8, 4) is 0 Å². The molecule has 1 unspecified atom stereocenters. The van der Waals surface area contributed by atoms with Crippen LogP contribution in [0.15, 0.2) is 122 Å². The monoisotopic (exact) mass is 1090 g/mol. The first kappa shape index (κ1) is 74.8. The minimum absolute atomic E-state index is 0.115. The number of carbonyl (C=O) groups is 3. The van der Waals surface area contributed by atoms with Crippen molar-refractivity contribution in [1.29, 1.82) is 0 Å². The molecule has 0 aromatic heterocycles. The zero-order chi connectivity index (χ0) is 57.1. The molecule has 6 heteroatoms. The smallest absolute Gasteiger partial charge is 0.306 e. The van der Waals surface area contributed by atoms with Gasteiger partial charge < -0.3 is 14.2 Å². The van der Waals surface area contributed by atoms with Gasteiger partial charge in [0.25, 0.3) is 0 Å². The molecule has 79 heavy (non-hydrogen) atoms. The second-order valence-corrected chi connectivity index (χ2v) is 21.6. The van der Waals surface area contributed by atoms with E-state index in [9.17, 15) is 14.4 Å². The van der Waals surface area contributed by atoms with Crippen molar-refractivity contribution in [2.75, 3.05) is 13.2 Å². The Bertz CT molecular complexity index is 1640. The highest BCUT2D eigenvalue weighted by Gasteiger charge is 2.19. The Hall–Kier alpha value is -4.19. The fourth-order valence-electron chi connectivity index (χ4n) is 9.07. The lowest BCUT2D eigenvalue weighted by Gasteiger charge is -2.18. The van der Waals surface area contributed by atoms with Gasteiger partial charge >= 0.3 is 17.9 Å². The fourth-order valence-corrected chi connectivity index (χ4v) is 9.07. The van der Waals surface area contributed by atoms with Crippen LogP contribution >= 0.6 is 0 Å². The van der Waals surface area contributed by atoms with E-state index in [1.807, 2.05) is 6.08 Å². The number of rotatable bonds is 59. The van der Waals surface area contributed by atoms with Crippen LogP contribution in [0.1, 0.15) is 303 Å². The van der Waals surface area contributed by atoms with Gasteiger partial charge in [0.1, 0.15) is 13.2 Å². The largest absolute Gasteiger partial charge is 0.462 e. The number of unbranched alkanes of at least 4 members (excludes halogenated alkanes) is 28. The van der Waals surface area contributed by atoms with Crippen molar-refractivity contribution >= 4 is 17.9 Å². The van der Waals surface area contributed by atoms with Crippen LogP contribution in [0.4, 0.5) is 0 Å². The Morgan fingerprint density at radius 3 is 0.835 bits per heavy atom. The summed E-state index contributed by atoms with van der Waals surface area (Å²) in [5.74, 6) is -1.01. The number of allylic oxidation sites excluding steroid dienone is 20. The molecule has 0 radical (unpaired) electrons. The Morgan fingerprint density at radius 1 is 0.266 bits per heavy atom. The Labute approximate surface area is 488 Å². The first-order valence-electron chi connectivity index (χ1n) is 33.0. The number of esters is 3. The Morgan fingerprint density at radius 2 is 0.519 bits per heavy atom. The third-order valence-electron chi connectivity index (χ3n) is 13.9. The Kier molecular flexibility index (Phi) is 62.8. The van der Waals surface area contributed by atoms with Gasteiger partial charge in [0.15, 0.2) is 6.10 Å². The van der Waals surface area contributed by atoms with Crippen LogP contribution in [0.25, 0.3) is 0 Å². The maximum Gasteiger partial charge on any atom is 0.306 e. The summed E-state index contributed by atoms with van der Waals surface area (Å²) in [7, 11) is 0. The van der Waals surface area contributed by atoms with Gasteiger partial charge in [-0.15, -0.1) is 0 Å². The molecule has 0 aromatic carbocycles. The van der Waals surface area contributed by atoms with Gasteiger partial charge in [0.2, 0.25) is 0 Å². The van der Waals surface area contributed by atoms with E-state index in [0.29, 0.717) is 19.3 Å². The molecule has 0 aliphatic rings. The maximum atomic E-state index is 12.9. The summed E-state index contributed by atoms with van der Waals surface area (Å²) in [6, 6.07) is 0. The number of ether oxygens (including phenoxy) is 3. The SMILES string of the molecule is CC/C=C\C/C=C\C/C=C\C/C=C\C/C=C\C/C=C\CCC(=O)OC(COC(=O)CCCCCCC/C=C\C/C=C\C/C=C\CC)COC(=O)CCCCCCCCCCCCCCCCC/C=C\CCCCCCCCCC. The average Bonchev–Trinajstić information content (AvgIpc) is 3.45. The van der Waals surface area contributed by atoms with Crippen LogP contribution in [0, 0.1) is 0 Å². The van der Waals surface area contributed by atoms with Crippen molar-refractivity contribution in [3.63, 3.8) is 0 Å². The lowest BCUT2D eigenvalue weighted by atomic mass is 10.0. The third kappa shape index (κ3) is 64.5. The summed E-state index contributed by atoms with van der Waals surface area (Å²) in [5, 5.41) is 0. The highest BCUT2D eigenvalue weighted by atomic mass is 16.6. The zero-order valence-electron chi connectivity index (χ0n) is 51.6. The normalized spacial score (nSPS) is 12.9. The quantitative estimate of drug-likeness (QED) is 0.0261. The fraction of sp³-hybridized carbons (Fsp3) is 0.685. The highest BCUT2D eigenvalue weighted by Crippen LogP contribution is 2.16. The van der Waals surface area contributed by atoms with Crippen LogP contribution < -0.4 is 0 Å². The minimum Gasteiger partial charge on any atom is -0.462 e. The summed E-state index contributed by atoms with van der Waals surface area (Å²) >= 11 is 0. The van der Waals surface area contributed by atoms with Crippen LogP contribution in [0.2, 0.25) is 0 Å². The molecule has 0 aromatic rings. The molecule has 0 aliphatic carbocycles.